The lowest BCUT2D eigenvalue weighted by Gasteiger charge is -2.16. The Morgan fingerprint density at radius 1 is 1.64 bits per heavy atom. The summed E-state index contributed by atoms with van der Waals surface area (Å²) < 4.78 is 10.5. The molecule has 4 nitrogen and oxygen atoms in total. The van der Waals surface area contributed by atoms with Crippen molar-refractivity contribution in [3.05, 3.63) is 0 Å². The van der Waals surface area contributed by atoms with Gasteiger partial charge >= 0.3 is 0 Å². The normalized spacial score (nSPS) is 28.5. The summed E-state index contributed by atoms with van der Waals surface area (Å²) in [5.74, 6) is -0.663. The lowest BCUT2D eigenvalue weighted by Crippen LogP contribution is -2.36. The first-order chi connectivity index (χ1) is 4.99. The van der Waals surface area contributed by atoms with Crippen LogP contribution in [0.1, 0.15) is 20.8 Å². The molecule has 0 radical (unpaired) electrons. The van der Waals surface area contributed by atoms with Gasteiger partial charge in [0.15, 0.2) is 12.0 Å². The first kappa shape index (κ1) is 8.49. The average Bonchev–Trinajstić information content (AvgIpc) is 2.08. The van der Waals surface area contributed by atoms with Crippen LogP contribution in [0.2, 0.25) is 0 Å². The third kappa shape index (κ3) is 2.48. The van der Waals surface area contributed by atoms with Crippen LogP contribution in [-0.4, -0.2) is 24.5 Å². The van der Waals surface area contributed by atoms with Crippen LogP contribution in [-0.2, 0) is 14.3 Å². The van der Waals surface area contributed by atoms with Gasteiger partial charge in [0.1, 0.15) is 0 Å². The molecule has 1 atom stereocenters. The molecule has 4 heteroatoms. The number of carbonyl (C=O) groups excluding carboxylic acids is 1. The Kier molecular flexibility index (Phi) is 2.15. The highest BCUT2D eigenvalue weighted by Crippen LogP contribution is 2.20. The molecular weight excluding hydrogens is 146 g/mol. The fourth-order valence-electron chi connectivity index (χ4n) is 0.985. The Morgan fingerprint density at radius 2 is 2.27 bits per heavy atom. The van der Waals surface area contributed by atoms with Crippen LogP contribution in [0.15, 0.2) is 0 Å². The molecule has 0 aromatic carbocycles. The SMILES string of the molecule is CC(=O)NC1COC(C)(C)O1. The fourth-order valence-corrected chi connectivity index (χ4v) is 0.985. The van der Waals surface area contributed by atoms with Gasteiger partial charge in [-0.1, -0.05) is 0 Å². The molecule has 0 aromatic heterocycles. The van der Waals surface area contributed by atoms with E-state index in [1.807, 2.05) is 13.8 Å². The number of nitrogens with one attached hydrogen (secondary N) is 1. The van der Waals surface area contributed by atoms with Crippen molar-refractivity contribution in [3.8, 4) is 0 Å². The van der Waals surface area contributed by atoms with E-state index in [0.29, 0.717) is 6.61 Å². The standard InChI is InChI=1S/C7H13NO3/c1-5(9)8-6-4-10-7(2,3)11-6/h6H,4H2,1-3H3,(H,8,9). The largest absolute Gasteiger partial charge is 0.346 e. The number of hydrogen-bond acceptors (Lipinski definition) is 3. The second kappa shape index (κ2) is 2.79. The van der Waals surface area contributed by atoms with Gasteiger partial charge in [0.05, 0.1) is 6.61 Å². The van der Waals surface area contributed by atoms with E-state index in [-0.39, 0.29) is 12.1 Å². The van der Waals surface area contributed by atoms with Crippen molar-refractivity contribution in [1.29, 1.82) is 0 Å². The van der Waals surface area contributed by atoms with Crippen LogP contribution in [0.25, 0.3) is 0 Å². The maximum absolute atomic E-state index is 10.6. The zero-order valence-corrected chi connectivity index (χ0v) is 7.01. The maximum Gasteiger partial charge on any atom is 0.218 e. The molecule has 1 N–H and O–H groups in total. The predicted molar refractivity (Wildman–Crippen MR) is 38.7 cm³/mol. The topological polar surface area (TPSA) is 47.6 Å². The van der Waals surface area contributed by atoms with Crippen molar-refractivity contribution in [2.75, 3.05) is 6.61 Å². The summed E-state index contributed by atoms with van der Waals surface area (Å²) in [6.07, 6.45) is -0.289. The van der Waals surface area contributed by atoms with E-state index < -0.39 is 5.79 Å². The molecule has 1 amide bonds. The van der Waals surface area contributed by atoms with Gasteiger partial charge in [0.25, 0.3) is 0 Å². The summed E-state index contributed by atoms with van der Waals surface area (Å²) in [6, 6.07) is 0. The van der Waals surface area contributed by atoms with Crippen molar-refractivity contribution >= 4 is 5.91 Å². The Labute approximate surface area is 65.9 Å². The molecule has 1 aliphatic heterocycles. The Hall–Kier alpha value is -0.610. The van der Waals surface area contributed by atoms with Crippen LogP contribution in [0, 0.1) is 0 Å². The molecule has 1 saturated heterocycles. The Balaban J connectivity index is 2.36. The Morgan fingerprint density at radius 3 is 2.64 bits per heavy atom. The molecule has 1 rings (SSSR count). The molecule has 0 aromatic rings. The lowest BCUT2D eigenvalue weighted by molar-refractivity contribution is -0.146. The fraction of sp³-hybridized carbons (Fsp3) is 0.857. The molecule has 0 saturated carbocycles. The molecule has 0 aliphatic carbocycles. The van der Waals surface area contributed by atoms with Gasteiger partial charge < -0.3 is 14.8 Å². The molecule has 0 spiro atoms. The zero-order valence-electron chi connectivity index (χ0n) is 7.01. The van der Waals surface area contributed by atoms with Crippen LogP contribution in [0.4, 0.5) is 0 Å². The Bertz CT molecular complexity index is 167. The summed E-state index contributed by atoms with van der Waals surface area (Å²) in [5.41, 5.74) is 0. The maximum atomic E-state index is 10.6. The van der Waals surface area contributed by atoms with Gasteiger partial charge in [-0.15, -0.1) is 0 Å². The summed E-state index contributed by atoms with van der Waals surface area (Å²) in [7, 11) is 0. The zero-order chi connectivity index (χ0) is 8.48. The van der Waals surface area contributed by atoms with E-state index in [1.54, 1.807) is 0 Å². The van der Waals surface area contributed by atoms with Gasteiger partial charge in [0.2, 0.25) is 5.91 Å². The first-order valence-electron chi connectivity index (χ1n) is 3.58. The van der Waals surface area contributed by atoms with E-state index in [4.69, 9.17) is 9.47 Å². The summed E-state index contributed by atoms with van der Waals surface area (Å²) in [4.78, 5) is 10.6. The van der Waals surface area contributed by atoms with Crippen molar-refractivity contribution in [2.24, 2.45) is 0 Å². The van der Waals surface area contributed by atoms with Crippen LogP contribution in [0.5, 0.6) is 0 Å². The third-order valence-electron chi connectivity index (χ3n) is 1.37. The smallest absolute Gasteiger partial charge is 0.218 e. The molecule has 64 valence electrons. The second-order valence-electron chi connectivity index (χ2n) is 3.02. The van der Waals surface area contributed by atoms with E-state index in [9.17, 15) is 4.79 Å². The summed E-state index contributed by atoms with van der Waals surface area (Å²) in [6.45, 7) is 5.50. The van der Waals surface area contributed by atoms with Crippen LogP contribution in [0.3, 0.4) is 0 Å². The average molecular weight is 159 g/mol. The molecule has 0 bridgehead atoms. The number of rotatable bonds is 1. The minimum absolute atomic E-state index is 0.101. The predicted octanol–water partition coefficient (Wildman–Crippen LogP) is 0.231. The third-order valence-corrected chi connectivity index (χ3v) is 1.37. The van der Waals surface area contributed by atoms with E-state index in [2.05, 4.69) is 5.32 Å². The van der Waals surface area contributed by atoms with Crippen LogP contribution < -0.4 is 5.32 Å². The highest BCUT2D eigenvalue weighted by Gasteiger charge is 2.32. The molecular formula is C7H13NO3. The molecule has 11 heavy (non-hydrogen) atoms. The number of hydrogen-bond donors (Lipinski definition) is 1. The van der Waals surface area contributed by atoms with E-state index in [1.165, 1.54) is 6.92 Å². The second-order valence-corrected chi connectivity index (χ2v) is 3.02. The van der Waals surface area contributed by atoms with Crippen molar-refractivity contribution in [2.45, 2.75) is 32.8 Å². The highest BCUT2D eigenvalue weighted by atomic mass is 16.7. The van der Waals surface area contributed by atoms with Crippen LogP contribution >= 0.6 is 0 Å². The van der Waals surface area contributed by atoms with Gasteiger partial charge in [-0.3, -0.25) is 4.79 Å². The van der Waals surface area contributed by atoms with Gasteiger partial charge in [-0.2, -0.15) is 0 Å². The summed E-state index contributed by atoms with van der Waals surface area (Å²) in [5, 5.41) is 2.61. The number of amides is 1. The minimum atomic E-state index is -0.562. The van der Waals surface area contributed by atoms with E-state index >= 15 is 0 Å². The lowest BCUT2D eigenvalue weighted by atomic mass is 10.4. The van der Waals surface area contributed by atoms with Gasteiger partial charge in [-0.05, 0) is 13.8 Å². The summed E-state index contributed by atoms with van der Waals surface area (Å²) >= 11 is 0. The minimum Gasteiger partial charge on any atom is -0.346 e. The van der Waals surface area contributed by atoms with Crippen molar-refractivity contribution in [3.63, 3.8) is 0 Å². The molecule has 1 unspecified atom stereocenters. The molecule has 1 aliphatic rings. The van der Waals surface area contributed by atoms with E-state index in [0.717, 1.165) is 0 Å². The quantitative estimate of drug-likeness (QED) is 0.595. The van der Waals surface area contributed by atoms with Crippen molar-refractivity contribution < 1.29 is 14.3 Å². The first-order valence-corrected chi connectivity index (χ1v) is 3.58. The van der Waals surface area contributed by atoms with Gasteiger partial charge in [-0.25, -0.2) is 0 Å². The van der Waals surface area contributed by atoms with Crippen molar-refractivity contribution in [1.82, 2.24) is 5.32 Å². The number of ether oxygens (including phenoxy) is 2. The molecule has 1 heterocycles. The highest BCUT2D eigenvalue weighted by molar-refractivity contribution is 5.73. The number of carbonyl (C=O) groups is 1. The monoisotopic (exact) mass is 159 g/mol. The molecule has 1 fully saturated rings. The van der Waals surface area contributed by atoms with Gasteiger partial charge in [0, 0.05) is 6.92 Å².